The van der Waals surface area contributed by atoms with Crippen LogP contribution in [0.1, 0.15) is 38.7 Å². The van der Waals surface area contributed by atoms with Crippen molar-refractivity contribution in [3.63, 3.8) is 0 Å². The van der Waals surface area contributed by atoms with Crippen molar-refractivity contribution in [3.05, 3.63) is 60.2 Å². The Morgan fingerprint density at radius 1 is 0.964 bits per heavy atom. The second-order valence-corrected chi connectivity index (χ2v) is 6.69. The minimum absolute atomic E-state index is 0.0901. The highest BCUT2D eigenvalue weighted by atomic mass is 16.5. The van der Waals surface area contributed by atoms with E-state index in [4.69, 9.17) is 4.74 Å². The summed E-state index contributed by atoms with van der Waals surface area (Å²) in [5.74, 6) is -1.38. The van der Waals surface area contributed by atoms with Crippen LogP contribution in [0.3, 0.4) is 0 Å². The van der Waals surface area contributed by atoms with E-state index in [0.717, 1.165) is 12.0 Å². The lowest BCUT2D eigenvalue weighted by molar-refractivity contribution is -0.150. The largest absolute Gasteiger partial charge is 0.455 e. The van der Waals surface area contributed by atoms with E-state index in [1.807, 2.05) is 44.2 Å². The van der Waals surface area contributed by atoms with Crippen molar-refractivity contribution in [2.24, 2.45) is 5.92 Å². The van der Waals surface area contributed by atoms with Crippen molar-refractivity contribution in [2.45, 2.75) is 33.1 Å². The highest BCUT2D eigenvalue weighted by molar-refractivity contribution is 5.95. The normalized spacial score (nSPS) is 12.5. The minimum Gasteiger partial charge on any atom is -0.455 e. The molecule has 2 amide bonds. The van der Waals surface area contributed by atoms with Gasteiger partial charge in [-0.3, -0.25) is 14.4 Å². The summed E-state index contributed by atoms with van der Waals surface area (Å²) in [6.07, 6.45) is 0.816. The Hall–Kier alpha value is -3.15. The van der Waals surface area contributed by atoms with Gasteiger partial charge in [-0.05, 0) is 29.7 Å². The molecular formula is C22H26N2O4. The maximum absolute atomic E-state index is 12.6. The fourth-order valence-corrected chi connectivity index (χ4v) is 2.89. The van der Waals surface area contributed by atoms with Crippen LogP contribution in [0.5, 0.6) is 0 Å². The highest BCUT2D eigenvalue weighted by Gasteiger charge is 2.27. The van der Waals surface area contributed by atoms with E-state index in [0.29, 0.717) is 11.4 Å². The van der Waals surface area contributed by atoms with Crippen LogP contribution < -0.4 is 10.6 Å². The number of amides is 2. The van der Waals surface area contributed by atoms with E-state index in [9.17, 15) is 14.4 Å². The number of ether oxygens (including phenoxy) is 1. The molecule has 2 aromatic rings. The molecular weight excluding hydrogens is 356 g/mol. The SMILES string of the molecule is CC[C@H](C)[C@@H](C(=O)OCC(=O)Nc1cccc(NC(C)=O)c1)c1ccccc1. The van der Waals surface area contributed by atoms with E-state index in [1.165, 1.54) is 6.92 Å². The number of hydrogen-bond acceptors (Lipinski definition) is 4. The molecule has 0 fully saturated rings. The highest BCUT2D eigenvalue weighted by Crippen LogP contribution is 2.28. The summed E-state index contributed by atoms with van der Waals surface area (Å²) in [5.41, 5.74) is 1.96. The first-order valence-electron chi connectivity index (χ1n) is 9.29. The molecule has 0 aliphatic rings. The van der Waals surface area contributed by atoms with Crippen LogP contribution in [-0.4, -0.2) is 24.4 Å². The molecule has 2 aromatic carbocycles. The summed E-state index contributed by atoms with van der Waals surface area (Å²) in [6, 6.07) is 16.2. The molecule has 2 rings (SSSR count). The first-order valence-corrected chi connectivity index (χ1v) is 9.29. The Bertz CT molecular complexity index is 820. The number of carbonyl (C=O) groups is 3. The average Bonchev–Trinajstić information content (AvgIpc) is 2.67. The lowest BCUT2D eigenvalue weighted by Gasteiger charge is -2.21. The van der Waals surface area contributed by atoms with Gasteiger partial charge < -0.3 is 15.4 Å². The van der Waals surface area contributed by atoms with Crippen LogP contribution in [0, 0.1) is 5.92 Å². The zero-order valence-corrected chi connectivity index (χ0v) is 16.4. The third-order valence-corrected chi connectivity index (χ3v) is 4.44. The van der Waals surface area contributed by atoms with Gasteiger partial charge in [0.1, 0.15) is 0 Å². The topological polar surface area (TPSA) is 84.5 Å². The van der Waals surface area contributed by atoms with Crippen LogP contribution >= 0.6 is 0 Å². The summed E-state index contributed by atoms with van der Waals surface area (Å²) < 4.78 is 5.29. The summed E-state index contributed by atoms with van der Waals surface area (Å²) in [5, 5.41) is 5.31. The molecule has 0 unspecified atom stereocenters. The van der Waals surface area contributed by atoms with Gasteiger partial charge in [-0.25, -0.2) is 0 Å². The summed E-state index contributed by atoms with van der Waals surface area (Å²) in [7, 11) is 0. The molecule has 0 aliphatic carbocycles. The van der Waals surface area contributed by atoms with Gasteiger partial charge in [-0.1, -0.05) is 56.7 Å². The quantitative estimate of drug-likeness (QED) is 0.677. The van der Waals surface area contributed by atoms with Crippen molar-refractivity contribution in [1.82, 2.24) is 0 Å². The Balaban J connectivity index is 1.97. The van der Waals surface area contributed by atoms with Crippen molar-refractivity contribution < 1.29 is 19.1 Å². The van der Waals surface area contributed by atoms with Crippen LogP contribution in [0.2, 0.25) is 0 Å². The molecule has 0 aromatic heterocycles. The number of esters is 1. The van der Waals surface area contributed by atoms with Gasteiger partial charge in [0.25, 0.3) is 5.91 Å². The third kappa shape index (κ3) is 6.23. The first-order chi connectivity index (χ1) is 13.4. The molecule has 2 N–H and O–H groups in total. The standard InChI is InChI=1S/C22H26N2O4/c1-4-15(2)21(17-9-6-5-7-10-17)22(27)28-14-20(26)24-19-12-8-11-18(13-19)23-16(3)25/h5-13,15,21H,4,14H2,1-3H3,(H,23,25)(H,24,26)/t15-,21+/m0/s1. The van der Waals surface area contributed by atoms with Gasteiger partial charge >= 0.3 is 5.97 Å². The molecule has 2 atom stereocenters. The van der Waals surface area contributed by atoms with E-state index < -0.39 is 17.8 Å². The van der Waals surface area contributed by atoms with Gasteiger partial charge in [0, 0.05) is 18.3 Å². The first kappa shape index (κ1) is 21.2. The fraction of sp³-hybridized carbons (Fsp3) is 0.318. The number of anilines is 2. The molecule has 6 nitrogen and oxygen atoms in total. The second kappa shape index (κ2) is 10.3. The molecule has 6 heteroatoms. The Labute approximate surface area is 165 Å². The fourth-order valence-electron chi connectivity index (χ4n) is 2.89. The monoisotopic (exact) mass is 382 g/mol. The van der Waals surface area contributed by atoms with Crippen LogP contribution in [0.4, 0.5) is 11.4 Å². The molecule has 0 spiro atoms. The number of hydrogen-bond donors (Lipinski definition) is 2. The van der Waals surface area contributed by atoms with Crippen LogP contribution in [0.25, 0.3) is 0 Å². The van der Waals surface area contributed by atoms with Gasteiger partial charge in [0.2, 0.25) is 5.91 Å². The Morgan fingerprint density at radius 2 is 1.61 bits per heavy atom. The van der Waals surface area contributed by atoms with Gasteiger partial charge in [-0.2, -0.15) is 0 Å². The molecule has 28 heavy (non-hydrogen) atoms. The molecule has 0 saturated carbocycles. The van der Waals surface area contributed by atoms with Gasteiger partial charge in [0.15, 0.2) is 6.61 Å². The Kier molecular flexibility index (Phi) is 7.75. The summed E-state index contributed by atoms with van der Waals surface area (Å²) in [6.45, 7) is 5.04. The maximum atomic E-state index is 12.6. The van der Waals surface area contributed by atoms with Crippen LogP contribution in [-0.2, 0) is 19.1 Å². The van der Waals surface area contributed by atoms with Crippen LogP contribution in [0.15, 0.2) is 54.6 Å². The van der Waals surface area contributed by atoms with E-state index in [2.05, 4.69) is 10.6 Å². The molecule has 148 valence electrons. The molecule has 0 heterocycles. The zero-order chi connectivity index (χ0) is 20.5. The summed E-state index contributed by atoms with van der Waals surface area (Å²) >= 11 is 0. The Morgan fingerprint density at radius 3 is 2.21 bits per heavy atom. The second-order valence-electron chi connectivity index (χ2n) is 6.69. The minimum atomic E-state index is -0.440. The van der Waals surface area contributed by atoms with Gasteiger partial charge in [-0.15, -0.1) is 0 Å². The average molecular weight is 382 g/mol. The lowest BCUT2D eigenvalue weighted by atomic mass is 9.86. The number of carbonyl (C=O) groups excluding carboxylic acids is 3. The lowest BCUT2D eigenvalue weighted by Crippen LogP contribution is -2.27. The van der Waals surface area contributed by atoms with Crippen molar-refractivity contribution in [3.8, 4) is 0 Å². The van der Waals surface area contributed by atoms with E-state index in [-0.39, 0.29) is 18.4 Å². The van der Waals surface area contributed by atoms with E-state index in [1.54, 1.807) is 24.3 Å². The molecule has 0 bridgehead atoms. The summed E-state index contributed by atoms with van der Waals surface area (Å²) in [4.78, 5) is 35.9. The number of rotatable bonds is 8. The van der Waals surface area contributed by atoms with Crippen molar-refractivity contribution in [1.29, 1.82) is 0 Å². The van der Waals surface area contributed by atoms with Gasteiger partial charge in [0.05, 0.1) is 5.92 Å². The number of nitrogens with one attached hydrogen (secondary N) is 2. The third-order valence-electron chi connectivity index (χ3n) is 4.44. The van der Waals surface area contributed by atoms with Crippen molar-refractivity contribution in [2.75, 3.05) is 17.2 Å². The predicted octanol–water partition coefficient (Wildman–Crippen LogP) is 3.96. The smallest absolute Gasteiger partial charge is 0.314 e. The molecule has 0 radical (unpaired) electrons. The number of benzene rings is 2. The van der Waals surface area contributed by atoms with E-state index >= 15 is 0 Å². The maximum Gasteiger partial charge on any atom is 0.314 e. The zero-order valence-electron chi connectivity index (χ0n) is 16.4. The molecule has 0 saturated heterocycles. The van der Waals surface area contributed by atoms with Crippen molar-refractivity contribution >= 4 is 29.2 Å². The predicted molar refractivity (Wildman–Crippen MR) is 109 cm³/mol. The molecule has 0 aliphatic heterocycles.